The highest BCUT2D eigenvalue weighted by molar-refractivity contribution is 9.11. The molecule has 0 radical (unpaired) electrons. The molecule has 0 unspecified atom stereocenters. The van der Waals surface area contributed by atoms with Crippen LogP contribution in [0.25, 0.3) is 0 Å². The number of halogens is 2. The first-order valence-electron chi connectivity index (χ1n) is 5.09. The lowest BCUT2D eigenvalue weighted by Crippen LogP contribution is -1.77. The van der Waals surface area contributed by atoms with Gasteiger partial charge in [-0.3, -0.25) is 0 Å². The molecule has 0 atom stereocenters. The number of hydrogen-bond acceptors (Lipinski definition) is 2. The quantitative estimate of drug-likeness (QED) is 0.597. The monoisotopic (exact) mass is 352 g/mol. The predicted molar refractivity (Wildman–Crippen MR) is 77.2 cm³/mol. The van der Waals surface area contributed by atoms with Crippen LogP contribution >= 0.6 is 31.9 Å². The third kappa shape index (κ3) is 3.23. The van der Waals surface area contributed by atoms with Gasteiger partial charge in [0.25, 0.3) is 0 Å². The molecule has 0 bridgehead atoms. The maximum atomic E-state index is 4.20. The van der Waals surface area contributed by atoms with E-state index in [0.29, 0.717) is 0 Å². The van der Waals surface area contributed by atoms with Gasteiger partial charge in [-0.1, -0.05) is 50.1 Å². The highest BCUT2D eigenvalue weighted by Gasteiger charge is 2.02. The van der Waals surface area contributed by atoms with E-state index in [9.17, 15) is 0 Å². The summed E-state index contributed by atoms with van der Waals surface area (Å²) in [4.78, 5) is 0. The number of nitrogens with zero attached hydrogens (tertiary/aromatic N) is 2. The van der Waals surface area contributed by atoms with E-state index >= 15 is 0 Å². The second kappa shape index (κ2) is 5.56. The van der Waals surface area contributed by atoms with Crippen LogP contribution in [0.2, 0.25) is 0 Å². The van der Waals surface area contributed by atoms with Gasteiger partial charge in [0.15, 0.2) is 0 Å². The lowest BCUT2D eigenvalue weighted by molar-refractivity contribution is 1.22. The maximum Gasteiger partial charge on any atom is 0.0879 e. The Hall–Kier alpha value is -1.00. The summed E-state index contributed by atoms with van der Waals surface area (Å²) in [6, 6.07) is 13.6. The van der Waals surface area contributed by atoms with Crippen LogP contribution in [0, 0.1) is 6.92 Å². The van der Waals surface area contributed by atoms with Gasteiger partial charge in [0.05, 0.1) is 11.4 Å². The molecule has 0 aliphatic rings. The molecule has 86 valence electrons. The Labute approximate surface area is 117 Å². The first kappa shape index (κ1) is 12.5. The molecule has 2 rings (SSSR count). The second-order valence-electron chi connectivity index (χ2n) is 3.57. The van der Waals surface area contributed by atoms with Gasteiger partial charge >= 0.3 is 0 Å². The summed E-state index contributed by atoms with van der Waals surface area (Å²) in [6.45, 7) is 2.03. The number of azo groups is 1. The topological polar surface area (TPSA) is 24.7 Å². The average Bonchev–Trinajstić information content (AvgIpc) is 2.34. The van der Waals surface area contributed by atoms with Gasteiger partial charge in [-0.25, -0.2) is 0 Å². The molecule has 0 aromatic heterocycles. The van der Waals surface area contributed by atoms with Crippen molar-refractivity contribution in [3.05, 3.63) is 57.0 Å². The number of rotatable bonds is 2. The van der Waals surface area contributed by atoms with Crippen LogP contribution in [0.15, 0.2) is 61.6 Å². The zero-order chi connectivity index (χ0) is 12.3. The summed E-state index contributed by atoms with van der Waals surface area (Å²) in [5.41, 5.74) is 2.82. The molecule has 17 heavy (non-hydrogen) atoms. The molecule has 2 aromatic carbocycles. The van der Waals surface area contributed by atoms with Crippen molar-refractivity contribution in [3.63, 3.8) is 0 Å². The van der Waals surface area contributed by atoms with Crippen LogP contribution in [-0.2, 0) is 0 Å². The molecular weight excluding hydrogens is 344 g/mol. The standard InChI is InChI=1S/C13H10Br2N2/c1-9-12(14)7-11(8-13(9)15)17-16-10-5-3-2-4-6-10/h2-8H,1H3/b17-16+. The number of benzene rings is 2. The van der Waals surface area contributed by atoms with Gasteiger partial charge in [0, 0.05) is 8.95 Å². The molecular formula is C13H10Br2N2. The van der Waals surface area contributed by atoms with E-state index in [1.807, 2.05) is 49.4 Å². The maximum absolute atomic E-state index is 4.20. The molecule has 0 aliphatic carbocycles. The van der Waals surface area contributed by atoms with Gasteiger partial charge < -0.3 is 0 Å². The molecule has 0 amide bonds. The van der Waals surface area contributed by atoms with Gasteiger partial charge in [-0.2, -0.15) is 10.2 Å². The Bertz CT molecular complexity index is 528. The molecule has 0 aliphatic heterocycles. The molecule has 2 aromatic rings. The Balaban J connectivity index is 2.28. The summed E-state index contributed by atoms with van der Waals surface area (Å²) in [5, 5.41) is 8.38. The van der Waals surface area contributed by atoms with Crippen molar-refractivity contribution in [1.82, 2.24) is 0 Å². The summed E-state index contributed by atoms with van der Waals surface area (Å²) in [5.74, 6) is 0. The lowest BCUT2D eigenvalue weighted by Gasteiger charge is -2.02. The molecule has 0 saturated heterocycles. The minimum atomic E-state index is 0.818. The summed E-state index contributed by atoms with van der Waals surface area (Å²) >= 11 is 6.98. The van der Waals surface area contributed by atoms with Crippen LogP contribution in [0.5, 0.6) is 0 Å². The van der Waals surface area contributed by atoms with Crippen LogP contribution in [0.4, 0.5) is 11.4 Å². The fourth-order valence-electron chi connectivity index (χ4n) is 1.30. The predicted octanol–water partition coefficient (Wildman–Crippen LogP) is 5.94. The fourth-order valence-corrected chi connectivity index (χ4v) is 2.46. The van der Waals surface area contributed by atoms with Crippen LogP contribution < -0.4 is 0 Å². The molecule has 0 saturated carbocycles. The van der Waals surface area contributed by atoms with Crippen LogP contribution in [0.3, 0.4) is 0 Å². The molecule has 0 fully saturated rings. The fraction of sp³-hybridized carbons (Fsp3) is 0.0769. The van der Waals surface area contributed by atoms with Crippen LogP contribution in [-0.4, -0.2) is 0 Å². The first-order valence-corrected chi connectivity index (χ1v) is 6.68. The van der Waals surface area contributed by atoms with Crippen LogP contribution in [0.1, 0.15) is 5.56 Å². The highest BCUT2D eigenvalue weighted by Crippen LogP contribution is 2.31. The molecule has 0 heterocycles. The van der Waals surface area contributed by atoms with E-state index < -0.39 is 0 Å². The minimum Gasteiger partial charge on any atom is -0.151 e. The van der Waals surface area contributed by atoms with E-state index in [-0.39, 0.29) is 0 Å². The van der Waals surface area contributed by atoms with E-state index in [0.717, 1.165) is 25.9 Å². The second-order valence-corrected chi connectivity index (χ2v) is 5.28. The van der Waals surface area contributed by atoms with Gasteiger partial charge in [-0.15, -0.1) is 0 Å². The van der Waals surface area contributed by atoms with E-state index in [1.165, 1.54) is 0 Å². The molecule has 4 heteroatoms. The average molecular weight is 354 g/mol. The zero-order valence-corrected chi connectivity index (χ0v) is 12.4. The lowest BCUT2D eigenvalue weighted by atomic mass is 10.2. The Morgan fingerprint density at radius 3 is 1.94 bits per heavy atom. The first-order chi connectivity index (χ1) is 8.16. The molecule has 0 N–H and O–H groups in total. The van der Waals surface area contributed by atoms with Crippen molar-refractivity contribution in [2.24, 2.45) is 10.2 Å². The van der Waals surface area contributed by atoms with Gasteiger partial charge in [-0.05, 0) is 36.8 Å². The minimum absolute atomic E-state index is 0.818. The Morgan fingerprint density at radius 1 is 0.824 bits per heavy atom. The van der Waals surface area contributed by atoms with Crippen molar-refractivity contribution in [2.45, 2.75) is 6.92 Å². The summed E-state index contributed by atoms with van der Waals surface area (Å²) in [6.07, 6.45) is 0. The highest BCUT2D eigenvalue weighted by atomic mass is 79.9. The van der Waals surface area contributed by atoms with E-state index in [4.69, 9.17) is 0 Å². The molecule has 0 spiro atoms. The molecule has 2 nitrogen and oxygen atoms in total. The normalized spacial score (nSPS) is 11.0. The van der Waals surface area contributed by atoms with Crippen molar-refractivity contribution >= 4 is 43.2 Å². The Kier molecular flexibility index (Phi) is 4.07. The Morgan fingerprint density at radius 2 is 1.35 bits per heavy atom. The van der Waals surface area contributed by atoms with Crippen molar-refractivity contribution in [3.8, 4) is 0 Å². The van der Waals surface area contributed by atoms with Crippen molar-refractivity contribution < 1.29 is 0 Å². The summed E-state index contributed by atoms with van der Waals surface area (Å²) < 4.78 is 2.04. The third-order valence-corrected chi connectivity index (χ3v) is 3.95. The van der Waals surface area contributed by atoms with E-state index in [1.54, 1.807) is 0 Å². The summed E-state index contributed by atoms with van der Waals surface area (Å²) in [7, 11) is 0. The number of hydrogen-bond donors (Lipinski definition) is 0. The SMILES string of the molecule is Cc1c(Br)cc(/N=N/c2ccccc2)cc1Br. The van der Waals surface area contributed by atoms with Crippen molar-refractivity contribution in [1.29, 1.82) is 0 Å². The third-order valence-electron chi connectivity index (χ3n) is 2.30. The van der Waals surface area contributed by atoms with Crippen molar-refractivity contribution in [2.75, 3.05) is 0 Å². The van der Waals surface area contributed by atoms with E-state index in [2.05, 4.69) is 42.1 Å². The largest absolute Gasteiger partial charge is 0.151 e. The van der Waals surface area contributed by atoms with Gasteiger partial charge in [0.2, 0.25) is 0 Å². The smallest absolute Gasteiger partial charge is 0.0879 e. The zero-order valence-electron chi connectivity index (χ0n) is 9.19. The van der Waals surface area contributed by atoms with Gasteiger partial charge in [0.1, 0.15) is 0 Å².